The van der Waals surface area contributed by atoms with Crippen LogP contribution in [0.3, 0.4) is 0 Å². The van der Waals surface area contributed by atoms with E-state index in [1.165, 1.54) is 19.3 Å². The fourth-order valence-electron chi connectivity index (χ4n) is 4.31. The van der Waals surface area contributed by atoms with Gasteiger partial charge in [0.05, 0.1) is 17.6 Å². The van der Waals surface area contributed by atoms with Crippen LogP contribution in [0, 0.1) is 5.92 Å². The molecule has 1 aromatic carbocycles. The molecule has 2 aromatic rings. The van der Waals surface area contributed by atoms with Gasteiger partial charge < -0.3 is 19.7 Å². The van der Waals surface area contributed by atoms with Crippen LogP contribution in [-0.2, 0) is 16.2 Å². The van der Waals surface area contributed by atoms with Crippen molar-refractivity contribution in [2.24, 2.45) is 11.1 Å². The summed E-state index contributed by atoms with van der Waals surface area (Å²) < 4.78 is 11.3. The topological polar surface area (TPSA) is 110 Å². The van der Waals surface area contributed by atoms with Gasteiger partial charge in [-0.15, -0.1) is 5.14 Å². The molecule has 1 amide bonds. The molecule has 2 atom stereocenters. The van der Waals surface area contributed by atoms with Crippen molar-refractivity contribution in [1.82, 2.24) is 9.97 Å². The quantitative estimate of drug-likeness (QED) is 0.740. The summed E-state index contributed by atoms with van der Waals surface area (Å²) in [6, 6.07) is 6.79. The Bertz CT molecular complexity index is 885. The van der Waals surface area contributed by atoms with Gasteiger partial charge in [-0.25, -0.2) is 4.98 Å². The molecule has 9 heteroatoms. The van der Waals surface area contributed by atoms with E-state index >= 15 is 0 Å². The summed E-state index contributed by atoms with van der Waals surface area (Å²) in [7, 11) is 3.75. The second-order valence-electron chi connectivity index (χ2n) is 7.70. The Morgan fingerprint density at radius 2 is 1.86 bits per heavy atom. The molecule has 4 rings (SSSR count). The number of nitrogens with two attached hydrogens (primary N) is 1. The molecule has 154 valence electrons. The lowest BCUT2D eigenvalue weighted by Gasteiger charge is -2.43. The van der Waals surface area contributed by atoms with Crippen molar-refractivity contribution in [3.05, 3.63) is 30.5 Å². The Balaban J connectivity index is 1.60. The van der Waals surface area contributed by atoms with E-state index in [1.54, 1.807) is 42.4 Å². The number of carbonyl (C=O) groups is 1. The first-order chi connectivity index (χ1) is 14.0. The van der Waals surface area contributed by atoms with Crippen molar-refractivity contribution in [2.45, 2.75) is 43.0 Å². The first-order valence-corrected chi connectivity index (χ1v) is 11.1. The number of aromatic nitrogens is 2. The number of fused-ring (bicyclic) bond motifs is 1. The molecule has 1 aromatic heterocycles. The highest BCUT2D eigenvalue weighted by atomic mass is 32.2. The van der Waals surface area contributed by atoms with E-state index < -0.39 is 11.4 Å². The third kappa shape index (κ3) is 3.90. The van der Waals surface area contributed by atoms with Gasteiger partial charge in [0.25, 0.3) is 0 Å². The van der Waals surface area contributed by atoms with Crippen molar-refractivity contribution in [3.8, 4) is 0 Å². The number of rotatable bonds is 4. The van der Waals surface area contributed by atoms with Gasteiger partial charge in [-0.2, -0.15) is 4.98 Å². The highest BCUT2D eigenvalue weighted by Crippen LogP contribution is 2.39. The zero-order chi connectivity index (χ0) is 20.5. The van der Waals surface area contributed by atoms with Crippen LogP contribution in [0.15, 0.2) is 35.4 Å². The van der Waals surface area contributed by atoms with E-state index in [-0.39, 0.29) is 11.9 Å². The zero-order valence-corrected chi connectivity index (χ0v) is 17.5. The van der Waals surface area contributed by atoms with Gasteiger partial charge in [-0.1, -0.05) is 19.3 Å². The Hall–Kier alpha value is -2.36. The Morgan fingerprint density at radius 1 is 1.17 bits per heavy atom. The van der Waals surface area contributed by atoms with E-state index in [9.17, 15) is 9.35 Å². The first kappa shape index (κ1) is 19.9. The van der Waals surface area contributed by atoms with Crippen LogP contribution in [0.5, 0.6) is 0 Å². The standard InChI is InChI=1S/C20H26N6O2S/c1-25-16-12-22-20(23-14-8-10-15(11-9-14)29(21)28)24-18(16)26(2)17(19(25)27)13-6-4-3-5-7-13/h8-13,17H,3-7,21H2,1-2H3,(H,22,23,24). The average Bonchev–Trinajstić information content (AvgIpc) is 2.73. The van der Waals surface area contributed by atoms with Crippen molar-refractivity contribution >= 4 is 40.4 Å². The molecule has 1 fully saturated rings. The van der Waals surface area contributed by atoms with Crippen LogP contribution < -0.4 is 20.3 Å². The third-order valence-electron chi connectivity index (χ3n) is 5.89. The van der Waals surface area contributed by atoms with Crippen molar-refractivity contribution in [1.29, 1.82) is 0 Å². The third-order valence-corrected chi connectivity index (χ3v) is 6.62. The van der Waals surface area contributed by atoms with Gasteiger partial charge >= 0.3 is 0 Å². The maximum atomic E-state index is 13.0. The molecular weight excluding hydrogens is 388 g/mol. The molecule has 29 heavy (non-hydrogen) atoms. The van der Waals surface area contributed by atoms with Gasteiger partial charge in [0.1, 0.15) is 11.7 Å². The number of nitrogens with one attached hydrogen (secondary N) is 1. The second kappa shape index (κ2) is 8.17. The minimum atomic E-state index is -1.51. The van der Waals surface area contributed by atoms with Crippen molar-refractivity contribution in [3.63, 3.8) is 0 Å². The van der Waals surface area contributed by atoms with Gasteiger partial charge in [-0.05, 0) is 43.0 Å². The number of benzene rings is 1. The number of anilines is 4. The smallest absolute Gasteiger partial charge is 0.249 e. The fraction of sp³-hybridized carbons (Fsp3) is 0.450. The van der Waals surface area contributed by atoms with E-state index in [0.29, 0.717) is 22.4 Å². The largest absolute Gasteiger partial charge is 0.593 e. The van der Waals surface area contributed by atoms with E-state index in [1.807, 2.05) is 11.9 Å². The van der Waals surface area contributed by atoms with Crippen LogP contribution in [0.4, 0.5) is 23.1 Å². The summed E-state index contributed by atoms with van der Waals surface area (Å²) in [5.41, 5.74) is 1.48. The van der Waals surface area contributed by atoms with Gasteiger partial charge in [0, 0.05) is 19.8 Å². The summed E-state index contributed by atoms with van der Waals surface area (Å²) in [6.45, 7) is 0. The molecular formula is C20H26N6O2S. The number of amides is 1. The van der Waals surface area contributed by atoms with E-state index in [0.717, 1.165) is 24.3 Å². The normalized spacial score (nSPS) is 21.1. The number of likely N-dealkylation sites (N-methyl/N-ethyl adjacent to an activating group) is 2. The molecule has 2 unspecified atom stereocenters. The van der Waals surface area contributed by atoms with Crippen molar-refractivity contribution in [2.75, 3.05) is 29.2 Å². The summed E-state index contributed by atoms with van der Waals surface area (Å²) in [4.78, 5) is 26.4. The van der Waals surface area contributed by atoms with Gasteiger partial charge in [-0.3, -0.25) is 4.79 Å². The predicted molar refractivity (Wildman–Crippen MR) is 115 cm³/mol. The highest BCUT2D eigenvalue weighted by molar-refractivity contribution is 7.89. The molecule has 2 heterocycles. The molecule has 2 aliphatic rings. The molecule has 0 bridgehead atoms. The SMILES string of the molecule is CN1C(=O)C(C2CCCCC2)N(C)c2nc(Nc3ccc([S+](N)[O-])cc3)ncc21. The highest BCUT2D eigenvalue weighted by Gasteiger charge is 2.41. The fourth-order valence-corrected chi connectivity index (χ4v) is 4.71. The first-order valence-electron chi connectivity index (χ1n) is 9.86. The molecule has 8 nitrogen and oxygen atoms in total. The van der Waals surface area contributed by atoms with E-state index in [4.69, 9.17) is 10.1 Å². The van der Waals surface area contributed by atoms with Gasteiger partial charge in [0.15, 0.2) is 10.7 Å². The van der Waals surface area contributed by atoms with Gasteiger partial charge in [0.2, 0.25) is 11.9 Å². The number of carbonyl (C=O) groups excluding carboxylic acids is 1. The predicted octanol–water partition coefficient (Wildman–Crippen LogP) is 2.56. The van der Waals surface area contributed by atoms with E-state index in [2.05, 4.69) is 10.3 Å². The number of nitrogens with zero attached hydrogens (tertiary/aromatic N) is 4. The Kier molecular flexibility index (Phi) is 5.62. The zero-order valence-electron chi connectivity index (χ0n) is 16.7. The lowest BCUT2D eigenvalue weighted by atomic mass is 9.82. The molecule has 1 aliphatic carbocycles. The Morgan fingerprint density at radius 3 is 2.52 bits per heavy atom. The molecule has 0 spiro atoms. The lowest BCUT2D eigenvalue weighted by Crippen LogP contribution is -2.55. The maximum Gasteiger partial charge on any atom is 0.249 e. The van der Waals surface area contributed by atoms with Crippen molar-refractivity contribution < 1.29 is 9.35 Å². The average molecular weight is 415 g/mol. The number of hydrogen-bond acceptors (Lipinski definition) is 7. The maximum absolute atomic E-state index is 13.0. The summed E-state index contributed by atoms with van der Waals surface area (Å²) in [5.74, 6) is 1.66. The minimum absolute atomic E-state index is 0.113. The summed E-state index contributed by atoms with van der Waals surface area (Å²) in [5, 5.41) is 8.57. The van der Waals surface area contributed by atoms with Crippen LogP contribution in [0.25, 0.3) is 0 Å². The summed E-state index contributed by atoms with van der Waals surface area (Å²) in [6.07, 6.45) is 7.45. The Labute approximate surface area is 173 Å². The monoisotopic (exact) mass is 414 g/mol. The molecule has 1 saturated carbocycles. The summed E-state index contributed by atoms with van der Waals surface area (Å²) >= 11 is -1.51. The molecule has 1 aliphatic heterocycles. The molecule has 0 radical (unpaired) electrons. The number of hydrogen-bond donors (Lipinski definition) is 2. The van der Waals surface area contributed by atoms with Crippen LogP contribution >= 0.6 is 0 Å². The molecule has 3 N–H and O–H groups in total. The van der Waals surface area contributed by atoms with Crippen LogP contribution in [0.2, 0.25) is 0 Å². The lowest BCUT2D eigenvalue weighted by molar-refractivity contribution is -0.121. The molecule has 0 saturated heterocycles. The minimum Gasteiger partial charge on any atom is -0.593 e. The second-order valence-corrected chi connectivity index (χ2v) is 8.77. The van der Waals surface area contributed by atoms with Crippen LogP contribution in [0.1, 0.15) is 32.1 Å². The van der Waals surface area contributed by atoms with Crippen LogP contribution in [-0.4, -0.2) is 40.6 Å².